The van der Waals surface area contributed by atoms with Crippen molar-refractivity contribution in [2.45, 2.75) is 77.3 Å². The molecule has 36 heavy (non-hydrogen) atoms. The van der Waals surface area contributed by atoms with Crippen LogP contribution in [0, 0.1) is 12.8 Å². The highest BCUT2D eigenvalue weighted by Crippen LogP contribution is 2.54. The number of hydrogen-bond acceptors (Lipinski definition) is 6. The van der Waals surface area contributed by atoms with Gasteiger partial charge in [0.15, 0.2) is 0 Å². The maximum absolute atomic E-state index is 14.3. The molecule has 0 aliphatic carbocycles. The number of carboxylic acid groups (broad SMARTS) is 1. The van der Waals surface area contributed by atoms with E-state index >= 15 is 0 Å². The maximum Gasteiger partial charge on any atom is 0.329 e. The van der Waals surface area contributed by atoms with Crippen LogP contribution in [0.2, 0.25) is 0 Å². The second-order valence-corrected chi connectivity index (χ2v) is 12.1. The molecular formula is C28H34N4O3S. The fourth-order valence-electron chi connectivity index (χ4n) is 5.68. The number of likely N-dealkylation sites (tertiary alicyclic amines) is 1. The average molecular weight is 507 g/mol. The van der Waals surface area contributed by atoms with E-state index in [1.54, 1.807) is 29.7 Å². The van der Waals surface area contributed by atoms with Crippen LogP contribution in [0.5, 0.6) is 0 Å². The highest BCUT2D eigenvalue weighted by Gasteiger charge is 2.60. The van der Waals surface area contributed by atoms with Crippen molar-refractivity contribution in [1.82, 2.24) is 19.9 Å². The molecule has 2 aromatic heterocycles. The molecule has 8 heteroatoms. The lowest BCUT2D eigenvalue weighted by Crippen LogP contribution is -2.54. The number of hydrogen-bond donors (Lipinski definition) is 1. The highest BCUT2D eigenvalue weighted by atomic mass is 32.1. The molecule has 3 atom stereocenters. The van der Waals surface area contributed by atoms with Crippen molar-refractivity contribution in [2.75, 3.05) is 0 Å². The Morgan fingerprint density at radius 3 is 2.47 bits per heavy atom. The summed E-state index contributed by atoms with van der Waals surface area (Å²) in [5.41, 5.74) is 1.84. The van der Waals surface area contributed by atoms with E-state index in [1.165, 1.54) is 11.3 Å². The first kappa shape index (κ1) is 25.9. The minimum atomic E-state index is -1.40. The molecule has 0 radical (unpaired) electrons. The number of aromatic nitrogens is 3. The topological polar surface area (TPSA) is 96.3 Å². The van der Waals surface area contributed by atoms with Gasteiger partial charge >= 0.3 is 5.97 Å². The second-order valence-electron chi connectivity index (χ2n) is 11.1. The molecule has 3 heterocycles. The normalized spacial score (nSPS) is 22.2. The van der Waals surface area contributed by atoms with Crippen LogP contribution in [0.15, 0.2) is 48.4 Å². The number of benzene rings is 1. The molecule has 1 aliphatic rings. The number of thiazole rings is 1. The van der Waals surface area contributed by atoms with Gasteiger partial charge in [0.1, 0.15) is 10.5 Å². The number of rotatable bonds is 6. The van der Waals surface area contributed by atoms with Crippen molar-refractivity contribution in [1.29, 1.82) is 0 Å². The van der Waals surface area contributed by atoms with Crippen LogP contribution in [0.3, 0.4) is 0 Å². The molecule has 1 N–H and O–H groups in total. The Bertz CT molecular complexity index is 1240. The molecule has 1 amide bonds. The monoisotopic (exact) mass is 506 g/mol. The summed E-state index contributed by atoms with van der Waals surface area (Å²) >= 11 is 1.43. The van der Waals surface area contributed by atoms with E-state index < -0.39 is 17.6 Å². The van der Waals surface area contributed by atoms with E-state index in [0.29, 0.717) is 22.7 Å². The Balaban J connectivity index is 1.91. The fraction of sp³-hybridized carbons (Fsp3) is 0.464. The van der Waals surface area contributed by atoms with E-state index in [0.717, 1.165) is 11.1 Å². The lowest BCUT2D eigenvalue weighted by molar-refractivity contribution is -0.150. The number of carboxylic acids is 1. The zero-order valence-corrected chi connectivity index (χ0v) is 22.5. The first-order valence-corrected chi connectivity index (χ1v) is 13.2. The zero-order valence-electron chi connectivity index (χ0n) is 21.7. The number of amides is 1. The Morgan fingerprint density at radius 1 is 1.19 bits per heavy atom. The molecule has 0 spiro atoms. The summed E-state index contributed by atoms with van der Waals surface area (Å²) in [6.07, 6.45) is 7.14. The van der Waals surface area contributed by atoms with Gasteiger partial charge in [-0.3, -0.25) is 14.8 Å². The van der Waals surface area contributed by atoms with Gasteiger partial charge in [0.05, 0.1) is 11.7 Å². The van der Waals surface area contributed by atoms with Crippen LogP contribution in [-0.2, 0) is 10.2 Å². The molecule has 190 valence electrons. The SMILES string of the molecule is Cc1cc(C(=O)N2[C@@H](c3nccs3)[C@@H](c3cnccn3)C[C@@]2(CC(C)C)C(=O)O)ccc1C(C)(C)C. The number of carbonyl (C=O) groups is 2. The molecule has 1 fully saturated rings. The molecule has 0 bridgehead atoms. The maximum atomic E-state index is 14.3. The Kier molecular flexibility index (Phi) is 7.01. The van der Waals surface area contributed by atoms with Crippen LogP contribution < -0.4 is 0 Å². The first-order chi connectivity index (χ1) is 17.0. The molecule has 7 nitrogen and oxygen atoms in total. The van der Waals surface area contributed by atoms with Crippen LogP contribution in [0.25, 0.3) is 0 Å². The van der Waals surface area contributed by atoms with Crippen molar-refractivity contribution in [3.8, 4) is 0 Å². The van der Waals surface area contributed by atoms with Gasteiger partial charge in [-0.2, -0.15) is 0 Å². The summed E-state index contributed by atoms with van der Waals surface area (Å²) in [5, 5.41) is 13.3. The Hall–Kier alpha value is -3.13. The third-order valence-electron chi connectivity index (χ3n) is 6.99. The van der Waals surface area contributed by atoms with Crippen molar-refractivity contribution in [3.05, 3.63) is 75.8 Å². The summed E-state index contributed by atoms with van der Waals surface area (Å²) in [6, 6.07) is 5.14. The number of nitrogens with zero attached hydrogens (tertiary/aromatic N) is 4. The summed E-state index contributed by atoms with van der Waals surface area (Å²) < 4.78 is 0. The zero-order chi connectivity index (χ0) is 26.3. The highest BCUT2D eigenvalue weighted by molar-refractivity contribution is 7.09. The summed E-state index contributed by atoms with van der Waals surface area (Å²) in [7, 11) is 0. The van der Waals surface area contributed by atoms with Crippen LogP contribution in [0.1, 0.15) is 91.6 Å². The molecule has 1 aliphatic heterocycles. The van der Waals surface area contributed by atoms with Crippen molar-refractivity contribution in [2.24, 2.45) is 5.92 Å². The van der Waals surface area contributed by atoms with Gasteiger partial charge in [-0.25, -0.2) is 9.78 Å². The predicted octanol–water partition coefficient (Wildman–Crippen LogP) is 5.78. The number of carbonyl (C=O) groups excluding carboxylic acids is 1. The fourth-order valence-corrected chi connectivity index (χ4v) is 6.48. The van der Waals surface area contributed by atoms with E-state index in [1.807, 2.05) is 44.4 Å². The minimum absolute atomic E-state index is 0.0546. The molecule has 4 rings (SSSR count). The second kappa shape index (κ2) is 9.73. The van der Waals surface area contributed by atoms with Gasteiger partial charge in [-0.1, -0.05) is 40.7 Å². The van der Waals surface area contributed by atoms with Gasteiger partial charge < -0.3 is 10.0 Å². The van der Waals surface area contributed by atoms with Crippen LogP contribution in [0.4, 0.5) is 0 Å². The van der Waals surface area contributed by atoms with Gasteiger partial charge in [0.2, 0.25) is 0 Å². The molecular weight excluding hydrogens is 472 g/mol. The van der Waals surface area contributed by atoms with E-state index in [-0.39, 0.29) is 29.6 Å². The molecule has 3 aromatic rings. The summed E-state index contributed by atoms with van der Waals surface area (Å²) in [6.45, 7) is 12.4. The van der Waals surface area contributed by atoms with Gasteiger partial charge in [-0.15, -0.1) is 11.3 Å². The Morgan fingerprint density at radius 2 is 1.94 bits per heavy atom. The smallest absolute Gasteiger partial charge is 0.329 e. The minimum Gasteiger partial charge on any atom is -0.479 e. The van der Waals surface area contributed by atoms with Crippen molar-refractivity contribution < 1.29 is 14.7 Å². The lowest BCUT2D eigenvalue weighted by Gasteiger charge is -2.39. The predicted molar refractivity (Wildman–Crippen MR) is 140 cm³/mol. The lowest BCUT2D eigenvalue weighted by atomic mass is 9.82. The first-order valence-electron chi connectivity index (χ1n) is 12.3. The van der Waals surface area contributed by atoms with E-state index in [4.69, 9.17) is 0 Å². The third kappa shape index (κ3) is 4.66. The summed E-state index contributed by atoms with van der Waals surface area (Å²) in [5.74, 6) is -1.59. The Labute approximate surface area is 216 Å². The van der Waals surface area contributed by atoms with E-state index in [9.17, 15) is 14.7 Å². The van der Waals surface area contributed by atoms with Crippen LogP contribution >= 0.6 is 11.3 Å². The standard InChI is InChI=1S/C28H34N4O3S/c1-17(2)14-28(26(34)35)15-20(22-16-29-9-10-30-22)23(24-31-11-12-36-24)32(28)25(33)19-7-8-21(18(3)13-19)27(4,5)6/h7-13,16-17,20,23H,14-15H2,1-6H3,(H,34,35)/t20-,23-,28+/m1/s1. The molecule has 0 unspecified atom stereocenters. The summed E-state index contributed by atoms with van der Waals surface area (Å²) in [4.78, 5) is 42.4. The quantitative estimate of drug-likeness (QED) is 0.455. The largest absolute Gasteiger partial charge is 0.479 e. The number of aliphatic carboxylic acids is 1. The molecule has 0 saturated carbocycles. The van der Waals surface area contributed by atoms with Crippen LogP contribution in [-0.4, -0.2) is 42.4 Å². The number of aryl methyl sites for hydroxylation is 1. The van der Waals surface area contributed by atoms with E-state index in [2.05, 4.69) is 35.7 Å². The van der Waals surface area contributed by atoms with Crippen molar-refractivity contribution >= 4 is 23.2 Å². The van der Waals surface area contributed by atoms with Gasteiger partial charge in [0, 0.05) is 41.6 Å². The van der Waals surface area contributed by atoms with Gasteiger partial charge in [-0.05, 0) is 54.4 Å². The molecule has 1 saturated heterocycles. The molecule has 1 aromatic carbocycles. The van der Waals surface area contributed by atoms with Gasteiger partial charge in [0.25, 0.3) is 5.91 Å². The third-order valence-corrected chi connectivity index (χ3v) is 7.84. The average Bonchev–Trinajstić information content (AvgIpc) is 3.44. The van der Waals surface area contributed by atoms with Crippen molar-refractivity contribution in [3.63, 3.8) is 0 Å².